The molecular weight excluding hydrogens is 200 g/mol. The molecule has 1 amide bonds. The third-order valence-electron chi connectivity index (χ3n) is 3.72. The minimum atomic E-state index is -0.420. The molecule has 3 nitrogen and oxygen atoms in total. The fraction of sp³-hybridized carbons (Fsp3) is 0.769. The normalized spacial score (nSPS) is 21.9. The molecule has 0 aromatic carbocycles. The smallest absolute Gasteiger partial charge is 0.237 e. The van der Waals surface area contributed by atoms with Crippen LogP contribution in [-0.2, 0) is 4.79 Å². The number of amides is 1. The van der Waals surface area contributed by atoms with Crippen molar-refractivity contribution in [1.82, 2.24) is 5.32 Å². The maximum absolute atomic E-state index is 11.6. The van der Waals surface area contributed by atoms with E-state index in [9.17, 15) is 4.79 Å². The van der Waals surface area contributed by atoms with Crippen LogP contribution in [0.4, 0.5) is 0 Å². The largest absolute Gasteiger partial charge is 0.354 e. The van der Waals surface area contributed by atoms with E-state index < -0.39 is 6.04 Å². The van der Waals surface area contributed by atoms with Gasteiger partial charge in [-0.2, -0.15) is 0 Å². The number of rotatable bonds is 7. The predicted octanol–water partition coefficient (Wildman–Crippen LogP) is 1.44. The van der Waals surface area contributed by atoms with Gasteiger partial charge < -0.3 is 11.1 Å². The first kappa shape index (κ1) is 11.6. The summed E-state index contributed by atoms with van der Waals surface area (Å²) in [6.45, 7) is 4.43. The van der Waals surface area contributed by atoms with E-state index in [1.165, 1.54) is 25.7 Å². The zero-order chi connectivity index (χ0) is 11.5. The molecule has 0 spiro atoms. The standard InChI is InChI=1S/C13H22N2O/c1-2-3-12(14)13(16)15-8-11(9-4-5-9)10-6-7-10/h2,9-12H,1,3-8,14H2,(H,15,16). The molecule has 0 radical (unpaired) electrons. The maximum atomic E-state index is 11.6. The van der Waals surface area contributed by atoms with Gasteiger partial charge in [0, 0.05) is 6.54 Å². The van der Waals surface area contributed by atoms with Crippen molar-refractivity contribution in [2.75, 3.05) is 6.54 Å². The second kappa shape index (κ2) is 5.00. The van der Waals surface area contributed by atoms with Crippen LogP contribution in [0.25, 0.3) is 0 Å². The Labute approximate surface area is 97.5 Å². The maximum Gasteiger partial charge on any atom is 0.237 e. The van der Waals surface area contributed by atoms with E-state index >= 15 is 0 Å². The Kier molecular flexibility index (Phi) is 3.64. The van der Waals surface area contributed by atoms with Crippen molar-refractivity contribution < 1.29 is 4.79 Å². The highest BCUT2D eigenvalue weighted by Crippen LogP contribution is 2.48. The lowest BCUT2D eigenvalue weighted by molar-refractivity contribution is -0.122. The Hall–Kier alpha value is -0.830. The van der Waals surface area contributed by atoms with E-state index in [2.05, 4.69) is 11.9 Å². The van der Waals surface area contributed by atoms with Crippen molar-refractivity contribution in [3.63, 3.8) is 0 Å². The Morgan fingerprint density at radius 2 is 1.94 bits per heavy atom. The quantitative estimate of drug-likeness (QED) is 0.640. The summed E-state index contributed by atoms with van der Waals surface area (Å²) in [7, 11) is 0. The minimum Gasteiger partial charge on any atom is -0.354 e. The molecule has 2 aliphatic rings. The lowest BCUT2D eigenvalue weighted by Gasteiger charge is -2.17. The van der Waals surface area contributed by atoms with Gasteiger partial charge in [0.15, 0.2) is 0 Å². The summed E-state index contributed by atoms with van der Waals surface area (Å²) in [5.41, 5.74) is 5.71. The van der Waals surface area contributed by atoms with Gasteiger partial charge in [0.25, 0.3) is 0 Å². The summed E-state index contributed by atoms with van der Waals surface area (Å²) in [5.74, 6) is 2.46. The number of hydrogen-bond donors (Lipinski definition) is 2. The van der Waals surface area contributed by atoms with Crippen LogP contribution >= 0.6 is 0 Å². The molecule has 90 valence electrons. The minimum absolute atomic E-state index is 0.0220. The van der Waals surface area contributed by atoms with Crippen LogP contribution in [-0.4, -0.2) is 18.5 Å². The molecule has 1 atom stereocenters. The van der Waals surface area contributed by atoms with Crippen LogP contribution in [0.15, 0.2) is 12.7 Å². The van der Waals surface area contributed by atoms with Crippen LogP contribution < -0.4 is 11.1 Å². The van der Waals surface area contributed by atoms with Crippen molar-refractivity contribution in [2.24, 2.45) is 23.5 Å². The first-order chi connectivity index (χ1) is 7.72. The van der Waals surface area contributed by atoms with Gasteiger partial charge in [0.05, 0.1) is 6.04 Å². The van der Waals surface area contributed by atoms with E-state index in [1.54, 1.807) is 6.08 Å². The number of hydrogen-bond acceptors (Lipinski definition) is 2. The fourth-order valence-corrected chi connectivity index (χ4v) is 2.40. The van der Waals surface area contributed by atoms with Gasteiger partial charge in [-0.25, -0.2) is 0 Å². The van der Waals surface area contributed by atoms with Gasteiger partial charge in [-0.05, 0) is 49.9 Å². The highest BCUT2D eigenvalue weighted by atomic mass is 16.2. The molecule has 0 heterocycles. The molecule has 0 aliphatic heterocycles. The highest BCUT2D eigenvalue weighted by molar-refractivity contribution is 5.81. The molecule has 3 N–H and O–H groups in total. The van der Waals surface area contributed by atoms with E-state index in [4.69, 9.17) is 5.73 Å². The van der Waals surface area contributed by atoms with E-state index in [1.807, 2.05) is 0 Å². The summed E-state index contributed by atoms with van der Waals surface area (Å²) >= 11 is 0. The van der Waals surface area contributed by atoms with Gasteiger partial charge in [-0.1, -0.05) is 6.08 Å². The summed E-state index contributed by atoms with van der Waals surface area (Å²) < 4.78 is 0. The highest BCUT2D eigenvalue weighted by Gasteiger charge is 2.41. The summed E-state index contributed by atoms with van der Waals surface area (Å²) in [4.78, 5) is 11.6. The Morgan fingerprint density at radius 1 is 1.38 bits per heavy atom. The van der Waals surface area contributed by atoms with Gasteiger partial charge >= 0.3 is 0 Å². The van der Waals surface area contributed by atoms with Gasteiger partial charge in [0.1, 0.15) is 0 Å². The number of carbonyl (C=O) groups is 1. The first-order valence-electron chi connectivity index (χ1n) is 6.36. The topological polar surface area (TPSA) is 55.1 Å². The second-order valence-corrected chi connectivity index (χ2v) is 5.21. The van der Waals surface area contributed by atoms with Crippen molar-refractivity contribution >= 4 is 5.91 Å². The van der Waals surface area contributed by atoms with E-state index in [0.29, 0.717) is 6.42 Å². The number of carbonyl (C=O) groups excluding carboxylic acids is 1. The third-order valence-corrected chi connectivity index (χ3v) is 3.72. The molecule has 1 unspecified atom stereocenters. The van der Waals surface area contributed by atoms with Crippen LogP contribution in [0, 0.1) is 17.8 Å². The van der Waals surface area contributed by atoms with Crippen molar-refractivity contribution in [3.05, 3.63) is 12.7 Å². The van der Waals surface area contributed by atoms with Crippen molar-refractivity contribution in [1.29, 1.82) is 0 Å². The summed E-state index contributed by atoms with van der Waals surface area (Å²) in [5, 5.41) is 3.00. The average molecular weight is 222 g/mol. The van der Waals surface area contributed by atoms with E-state index in [0.717, 1.165) is 24.3 Å². The Bertz CT molecular complexity index is 257. The molecule has 2 fully saturated rings. The number of nitrogens with one attached hydrogen (secondary N) is 1. The molecule has 2 saturated carbocycles. The Morgan fingerprint density at radius 3 is 2.38 bits per heavy atom. The van der Waals surface area contributed by atoms with Crippen molar-refractivity contribution in [3.8, 4) is 0 Å². The molecule has 0 aromatic rings. The zero-order valence-corrected chi connectivity index (χ0v) is 9.82. The third kappa shape index (κ3) is 3.08. The van der Waals surface area contributed by atoms with Crippen molar-refractivity contribution in [2.45, 2.75) is 38.1 Å². The van der Waals surface area contributed by atoms with Crippen LogP contribution in [0.1, 0.15) is 32.1 Å². The monoisotopic (exact) mass is 222 g/mol. The second-order valence-electron chi connectivity index (χ2n) is 5.21. The van der Waals surface area contributed by atoms with Crippen LogP contribution in [0.5, 0.6) is 0 Å². The van der Waals surface area contributed by atoms with E-state index in [-0.39, 0.29) is 5.91 Å². The molecule has 2 rings (SSSR count). The molecule has 3 heteroatoms. The zero-order valence-electron chi connectivity index (χ0n) is 9.82. The summed E-state index contributed by atoms with van der Waals surface area (Å²) in [6, 6.07) is -0.420. The molecule has 0 saturated heterocycles. The molecule has 16 heavy (non-hydrogen) atoms. The lowest BCUT2D eigenvalue weighted by atomic mass is 9.98. The van der Waals surface area contributed by atoms with Crippen LogP contribution in [0.3, 0.4) is 0 Å². The van der Waals surface area contributed by atoms with Gasteiger partial charge in [-0.3, -0.25) is 4.79 Å². The lowest BCUT2D eigenvalue weighted by Crippen LogP contribution is -2.42. The molecular formula is C13H22N2O. The van der Waals surface area contributed by atoms with Gasteiger partial charge in [-0.15, -0.1) is 6.58 Å². The first-order valence-corrected chi connectivity index (χ1v) is 6.36. The van der Waals surface area contributed by atoms with Crippen LogP contribution in [0.2, 0.25) is 0 Å². The number of nitrogens with two attached hydrogens (primary N) is 1. The molecule has 0 bridgehead atoms. The predicted molar refractivity (Wildman–Crippen MR) is 64.7 cm³/mol. The fourth-order valence-electron chi connectivity index (χ4n) is 2.40. The summed E-state index contributed by atoms with van der Waals surface area (Å²) in [6.07, 6.45) is 7.68. The average Bonchev–Trinajstić information content (AvgIpc) is 3.12. The SMILES string of the molecule is C=CCC(N)C(=O)NCC(C1CC1)C1CC1. The molecule has 2 aliphatic carbocycles. The van der Waals surface area contributed by atoms with Gasteiger partial charge in [0.2, 0.25) is 5.91 Å². The molecule has 0 aromatic heterocycles. The Balaban J connectivity index is 1.72.